The van der Waals surface area contributed by atoms with Crippen molar-refractivity contribution in [2.75, 3.05) is 17.2 Å². The molecule has 0 unspecified atom stereocenters. The van der Waals surface area contributed by atoms with Gasteiger partial charge in [-0.1, -0.05) is 0 Å². The van der Waals surface area contributed by atoms with Gasteiger partial charge in [0.1, 0.15) is 5.60 Å². The molecule has 5 nitrogen and oxygen atoms in total. The molecule has 0 saturated carbocycles. The summed E-state index contributed by atoms with van der Waals surface area (Å²) in [6.07, 6.45) is 0.413. The predicted octanol–water partition coefficient (Wildman–Crippen LogP) is 2.40. The maximum absolute atomic E-state index is 12.0. The Labute approximate surface area is 112 Å². The summed E-state index contributed by atoms with van der Waals surface area (Å²) in [6.45, 7) is 6.03. The minimum Gasteiger partial charge on any atom is -0.456 e. The molecular formula is C14H18N2O3. The summed E-state index contributed by atoms with van der Waals surface area (Å²) in [5, 5.41) is 5.91. The maximum Gasteiger partial charge on any atom is 0.338 e. The number of fused-ring (bicyclic) bond motifs is 1. The molecule has 2 N–H and O–H groups in total. The molecule has 1 amide bonds. The lowest BCUT2D eigenvalue weighted by Crippen LogP contribution is -2.24. The highest BCUT2D eigenvalue weighted by Gasteiger charge is 2.20. The van der Waals surface area contributed by atoms with Crippen LogP contribution in [0.1, 0.15) is 37.6 Å². The van der Waals surface area contributed by atoms with E-state index in [0.717, 1.165) is 5.69 Å². The van der Waals surface area contributed by atoms with Crippen molar-refractivity contribution in [3.63, 3.8) is 0 Å². The molecule has 0 aliphatic carbocycles. The first-order valence-electron chi connectivity index (χ1n) is 6.26. The summed E-state index contributed by atoms with van der Waals surface area (Å²) < 4.78 is 5.31. The summed E-state index contributed by atoms with van der Waals surface area (Å²) in [4.78, 5) is 23.4. The average Bonchev–Trinajstić information content (AvgIpc) is 2.46. The number of hydrogen-bond donors (Lipinski definition) is 2. The number of amides is 1. The van der Waals surface area contributed by atoms with E-state index in [-0.39, 0.29) is 11.9 Å². The predicted molar refractivity (Wildman–Crippen MR) is 73.3 cm³/mol. The molecular weight excluding hydrogens is 244 g/mol. The Balaban J connectivity index is 2.23. The molecule has 19 heavy (non-hydrogen) atoms. The van der Waals surface area contributed by atoms with Crippen molar-refractivity contribution in [3.8, 4) is 0 Å². The molecule has 0 saturated heterocycles. The zero-order valence-corrected chi connectivity index (χ0v) is 11.4. The minimum absolute atomic E-state index is 0.0312. The number of anilines is 2. The van der Waals surface area contributed by atoms with Gasteiger partial charge in [0.2, 0.25) is 5.91 Å². The normalized spacial score (nSPS) is 14.8. The maximum atomic E-state index is 12.0. The Kier molecular flexibility index (Phi) is 3.46. The van der Waals surface area contributed by atoms with Crippen molar-refractivity contribution in [2.45, 2.75) is 32.8 Å². The molecule has 1 heterocycles. The number of rotatable bonds is 1. The highest BCUT2D eigenvalue weighted by Crippen LogP contribution is 2.26. The van der Waals surface area contributed by atoms with Crippen molar-refractivity contribution in [2.24, 2.45) is 0 Å². The highest BCUT2D eigenvalue weighted by atomic mass is 16.6. The van der Waals surface area contributed by atoms with E-state index in [4.69, 9.17) is 4.74 Å². The van der Waals surface area contributed by atoms with E-state index in [1.165, 1.54) is 0 Å². The molecule has 2 rings (SSSR count). The van der Waals surface area contributed by atoms with Gasteiger partial charge in [0.25, 0.3) is 0 Å². The van der Waals surface area contributed by atoms with Crippen LogP contribution in [0, 0.1) is 0 Å². The van der Waals surface area contributed by atoms with Crippen molar-refractivity contribution in [1.29, 1.82) is 0 Å². The van der Waals surface area contributed by atoms with Gasteiger partial charge in [-0.15, -0.1) is 0 Å². The van der Waals surface area contributed by atoms with Gasteiger partial charge in [0, 0.05) is 13.0 Å². The number of ether oxygens (including phenoxy) is 1. The Bertz CT molecular complexity index is 518. The summed E-state index contributed by atoms with van der Waals surface area (Å²) in [5.74, 6) is -0.399. The minimum atomic E-state index is -0.522. The first kappa shape index (κ1) is 13.4. The van der Waals surface area contributed by atoms with Crippen LogP contribution in [-0.4, -0.2) is 24.0 Å². The fourth-order valence-corrected chi connectivity index (χ4v) is 1.79. The number of esters is 1. The second-order valence-corrected chi connectivity index (χ2v) is 5.49. The SMILES string of the molecule is CC(C)(C)OC(=O)c1ccc2c(c1)NCCC(=O)N2. The number of carbonyl (C=O) groups excluding carboxylic acids is 2. The third-order valence-corrected chi connectivity index (χ3v) is 2.60. The zero-order valence-electron chi connectivity index (χ0n) is 11.4. The van der Waals surface area contributed by atoms with Gasteiger partial charge in [-0.05, 0) is 39.0 Å². The van der Waals surface area contributed by atoms with Crippen LogP contribution in [0.25, 0.3) is 0 Å². The monoisotopic (exact) mass is 262 g/mol. The van der Waals surface area contributed by atoms with E-state index < -0.39 is 5.60 Å². The molecule has 1 aliphatic rings. The second kappa shape index (κ2) is 4.91. The van der Waals surface area contributed by atoms with Gasteiger partial charge in [0.15, 0.2) is 0 Å². The molecule has 0 spiro atoms. The third kappa shape index (κ3) is 3.47. The molecule has 1 aliphatic heterocycles. The van der Waals surface area contributed by atoms with Crippen molar-refractivity contribution in [3.05, 3.63) is 23.8 Å². The van der Waals surface area contributed by atoms with Crippen molar-refractivity contribution in [1.82, 2.24) is 0 Å². The van der Waals surface area contributed by atoms with E-state index in [1.807, 2.05) is 20.8 Å². The quantitative estimate of drug-likeness (QED) is 0.763. The number of nitrogens with one attached hydrogen (secondary N) is 2. The van der Waals surface area contributed by atoms with E-state index >= 15 is 0 Å². The second-order valence-electron chi connectivity index (χ2n) is 5.49. The number of carbonyl (C=O) groups is 2. The van der Waals surface area contributed by atoms with Crippen LogP contribution in [0.2, 0.25) is 0 Å². The first-order chi connectivity index (χ1) is 8.85. The van der Waals surface area contributed by atoms with Crippen LogP contribution in [0.5, 0.6) is 0 Å². The Morgan fingerprint density at radius 2 is 2.00 bits per heavy atom. The summed E-state index contributed by atoms with van der Waals surface area (Å²) in [6, 6.07) is 5.07. The fraction of sp³-hybridized carbons (Fsp3) is 0.429. The number of benzene rings is 1. The standard InChI is InChI=1S/C14H18N2O3/c1-14(2,3)19-13(18)9-4-5-10-11(8-9)15-7-6-12(17)16-10/h4-5,8,15H,6-7H2,1-3H3,(H,16,17). The lowest BCUT2D eigenvalue weighted by Gasteiger charge is -2.20. The molecule has 0 aromatic heterocycles. The smallest absolute Gasteiger partial charge is 0.338 e. The van der Waals surface area contributed by atoms with E-state index in [0.29, 0.717) is 24.2 Å². The molecule has 1 aromatic rings. The van der Waals surface area contributed by atoms with Crippen LogP contribution in [0.15, 0.2) is 18.2 Å². The highest BCUT2D eigenvalue weighted by molar-refractivity contribution is 5.98. The number of hydrogen-bond acceptors (Lipinski definition) is 4. The lowest BCUT2D eigenvalue weighted by molar-refractivity contribution is -0.115. The fourth-order valence-electron chi connectivity index (χ4n) is 1.79. The van der Waals surface area contributed by atoms with Crippen LogP contribution < -0.4 is 10.6 Å². The summed E-state index contributed by atoms with van der Waals surface area (Å²) >= 11 is 0. The lowest BCUT2D eigenvalue weighted by atomic mass is 10.1. The summed E-state index contributed by atoms with van der Waals surface area (Å²) in [7, 11) is 0. The average molecular weight is 262 g/mol. The molecule has 1 aromatic carbocycles. The van der Waals surface area contributed by atoms with Crippen molar-refractivity contribution < 1.29 is 14.3 Å². The molecule has 102 valence electrons. The van der Waals surface area contributed by atoms with Gasteiger partial charge in [-0.2, -0.15) is 0 Å². The molecule has 0 radical (unpaired) electrons. The Morgan fingerprint density at radius 3 is 2.68 bits per heavy atom. The zero-order chi connectivity index (χ0) is 14.0. The van der Waals surface area contributed by atoms with Gasteiger partial charge >= 0.3 is 5.97 Å². The first-order valence-corrected chi connectivity index (χ1v) is 6.26. The van der Waals surface area contributed by atoms with Gasteiger partial charge < -0.3 is 15.4 Å². The van der Waals surface area contributed by atoms with Gasteiger partial charge in [-0.3, -0.25) is 4.79 Å². The van der Waals surface area contributed by atoms with Crippen LogP contribution >= 0.6 is 0 Å². The molecule has 0 bridgehead atoms. The topological polar surface area (TPSA) is 67.4 Å². The van der Waals surface area contributed by atoms with Crippen molar-refractivity contribution >= 4 is 23.3 Å². The molecule has 0 fully saturated rings. The Hall–Kier alpha value is -2.04. The van der Waals surface area contributed by atoms with Crippen LogP contribution in [0.4, 0.5) is 11.4 Å². The largest absolute Gasteiger partial charge is 0.456 e. The van der Waals surface area contributed by atoms with Crippen LogP contribution in [-0.2, 0) is 9.53 Å². The van der Waals surface area contributed by atoms with Gasteiger partial charge in [-0.25, -0.2) is 4.79 Å². The van der Waals surface area contributed by atoms with Crippen LogP contribution in [0.3, 0.4) is 0 Å². The van der Waals surface area contributed by atoms with Gasteiger partial charge in [0.05, 0.1) is 16.9 Å². The van der Waals surface area contributed by atoms with E-state index in [9.17, 15) is 9.59 Å². The van der Waals surface area contributed by atoms with E-state index in [2.05, 4.69) is 10.6 Å². The third-order valence-electron chi connectivity index (χ3n) is 2.60. The molecule has 0 atom stereocenters. The van der Waals surface area contributed by atoms with E-state index in [1.54, 1.807) is 18.2 Å². The molecule has 5 heteroatoms. The Morgan fingerprint density at radius 1 is 1.26 bits per heavy atom. The summed E-state index contributed by atoms with van der Waals surface area (Å²) in [5.41, 5.74) is 1.38.